The van der Waals surface area contributed by atoms with E-state index in [1.165, 1.54) is 5.56 Å². The zero-order valence-electron chi connectivity index (χ0n) is 11.4. The lowest BCUT2D eigenvalue weighted by molar-refractivity contribution is -0.116. The molecule has 0 radical (unpaired) electrons. The predicted octanol–water partition coefficient (Wildman–Crippen LogP) is 2.10. The van der Waals surface area contributed by atoms with Gasteiger partial charge in [0.2, 0.25) is 5.91 Å². The van der Waals surface area contributed by atoms with Crippen molar-refractivity contribution in [1.82, 2.24) is 5.16 Å². The molecular weight excluding hydrogens is 254 g/mol. The molecule has 5 nitrogen and oxygen atoms in total. The van der Waals surface area contributed by atoms with Crippen molar-refractivity contribution in [3.8, 4) is 11.3 Å². The van der Waals surface area contributed by atoms with Crippen LogP contribution in [-0.4, -0.2) is 17.6 Å². The molecule has 1 amide bonds. The van der Waals surface area contributed by atoms with Crippen LogP contribution in [0.4, 0.5) is 5.69 Å². The first-order valence-corrected chi connectivity index (χ1v) is 6.76. The normalized spacial score (nSPS) is 14.2. The molecule has 1 aromatic heterocycles. The Morgan fingerprint density at radius 3 is 3.00 bits per heavy atom. The van der Waals surface area contributed by atoms with Gasteiger partial charge < -0.3 is 15.2 Å². The van der Waals surface area contributed by atoms with Crippen LogP contribution < -0.4 is 10.6 Å². The van der Waals surface area contributed by atoms with Crippen LogP contribution in [-0.2, 0) is 17.8 Å². The Balaban J connectivity index is 1.98. The summed E-state index contributed by atoms with van der Waals surface area (Å²) >= 11 is 0. The van der Waals surface area contributed by atoms with Crippen molar-refractivity contribution in [2.24, 2.45) is 5.73 Å². The fourth-order valence-electron chi connectivity index (χ4n) is 2.63. The minimum atomic E-state index is 0.0885. The molecule has 2 heterocycles. The molecule has 2 aromatic rings. The van der Waals surface area contributed by atoms with Gasteiger partial charge in [-0.05, 0) is 30.5 Å². The Morgan fingerprint density at radius 1 is 1.45 bits per heavy atom. The van der Waals surface area contributed by atoms with Gasteiger partial charge in [-0.15, -0.1) is 0 Å². The van der Waals surface area contributed by atoms with Gasteiger partial charge in [-0.25, -0.2) is 0 Å². The molecule has 0 bridgehead atoms. The number of anilines is 1. The van der Waals surface area contributed by atoms with Crippen LogP contribution in [0.3, 0.4) is 0 Å². The number of nitrogens with zero attached hydrogens (tertiary/aromatic N) is 2. The summed E-state index contributed by atoms with van der Waals surface area (Å²) in [5, 5.41) is 4.02. The van der Waals surface area contributed by atoms with Gasteiger partial charge in [0.1, 0.15) is 5.69 Å². The van der Waals surface area contributed by atoms with Crippen LogP contribution >= 0.6 is 0 Å². The van der Waals surface area contributed by atoms with E-state index < -0.39 is 0 Å². The number of nitrogens with two attached hydrogens (primary N) is 1. The Morgan fingerprint density at radius 2 is 2.30 bits per heavy atom. The summed E-state index contributed by atoms with van der Waals surface area (Å²) < 4.78 is 5.13. The lowest BCUT2D eigenvalue weighted by atomic mass is 9.98. The highest BCUT2D eigenvalue weighted by molar-refractivity contribution is 5.93. The molecule has 0 atom stereocenters. The maximum Gasteiger partial charge on any atom is 0.223 e. The van der Waals surface area contributed by atoms with E-state index in [9.17, 15) is 4.79 Å². The maximum atomic E-state index is 11.6. The maximum absolute atomic E-state index is 11.6. The van der Waals surface area contributed by atoms with Crippen molar-refractivity contribution in [1.29, 1.82) is 0 Å². The summed E-state index contributed by atoms with van der Waals surface area (Å²) in [6.45, 7) is 2.74. The number of carbonyl (C=O) groups is 1. The zero-order chi connectivity index (χ0) is 14.1. The molecule has 2 N–H and O–H groups in total. The number of aromatic nitrogens is 1. The van der Waals surface area contributed by atoms with Crippen molar-refractivity contribution in [2.45, 2.75) is 26.3 Å². The van der Waals surface area contributed by atoms with Gasteiger partial charge in [-0.2, -0.15) is 0 Å². The molecule has 0 fully saturated rings. The van der Waals surface area contributed by atoms with E-state index in [1.54, 1.807) is 6.92 Å². The van der Waals surface area contributed by atoms with Crippen LogP contribution in [0.5, 0.6) is 0 Å². The molecule has 0 saturated carbocycles. The number of rotatable bonds is 2. The van der Waals surface area contributed by atoms with Gasteiger partial charge in [-0.3, -0.25) is 4.79 Å². The summed E-state index contributed by atoms with van der Waals surface area (Å²) in [5.74, 6) is 0.758. The van der Waals surface area contributed by atoms with Crippen molar-refractivity contribution < 1.29 is 9.32 Å². The summed E-state index contributed by atoms with van der Waals surface area (Å²) in [6.07, 6.45) is 1.97. The standard InChI is InChI=1S/C15H17N3O2/c1-10(19)18-6-2-3-12-7-11(4-5-15(12)18)14-8-13(9-16)20-17-14/h4-5,7-8H,2-3,6,9,16H2,1H3. The van der Waals surface area contributed by atoms with E-state index in [4.69, 9.17) is 10.3 Å². The molecular formula is C15H17N3O2. The number of amides is 1. The van der Waals surface area contributed by atoms with Gasteiger partial charge in [0.15, 0.2) is 5.76 Å². The molecule has 0 saturated heterocycles. The Hall–Kier alpha value is -2.14. The van der Waals surface area contributed by atoms with E-state index in [0.29, 0.717) is 12.3 Å². The smallest absolute Gasteiger partial charge is 0.223 e. The third-order valence-corrected chi connectivity index (χ3v) is 3.63. The molecule has 104 valence electrons. The predicted molar refractivity (Wildman–Crippen MR) is 76.2 cm³/mol. The quantitative estimate of drug-likeness (QED) is 0.907. The lowest BCUT2D eigenvalue weighted by Gasteiger charge is -2.28. The van der Waals surface area contributed by atoms with Crippen LogP contribution in [0.1, 0.15) is 24.7 Å². The van der Waals surface area contributed by atoms with Gasteiger partial charge in [0.25, 0.3) is 0 Å². The average Bonchev–Trinajstić information content (AvgIpc) is 2.94. The van der Waals surface area contributed by atoms with Crippen molar-refractivity contribution in [3.63, 3.8) is 0 Å². The molecule has 1 aliphatic heterocycles. The molecule has 1 aromatic carbocycles. The summed E-state index contributed by atoms with van der Waals surface area (Å²) in [6, 6.07) is 7.90. The molecule has 0 spiro atoms. The van der Waals surface area contributed by atoms with Crippen LogP contribution in [0.2, 0.25) is 0 Å². The van der Waals surface area contributed by atoms with Gasteiger partial charge in [0.05, 0.1) is 6.54 Å². The highest BCUT2D eigenvalue weighted by Crippen LogP contribution is 2.31. The third-order valence-electron chi connectivity index (χ3n) is 3.63. The highest BCUT2D eigenvalue weighted by atomic mass is 16.5. The number of benzene rings is 1. The second-order valence-electron chi connectivity index (χ2n) is 5.00. The van der Waals surface area contributed by atoms with E-state index in [2.05, 4.69) is 11.2 Å². The van der Waals surface area contributed by atoms with Crippen LogP contribution in [0.25, 0.3) is 11.3 Å². The monoisotopic (exact) mass is 271 g/mol. The summed E-state index contributed by atoms with van der Waals surface area (Å²) in [5.41, 5.74) is 9.50. The first-order chi connectivity index (χ1) is 9.69. The topological polar surface area (TPSA) is 72.4 Å². The lowest BCUT2D eigenvalue weighted by Crippen LogP contribution is -2.33. The van der Waals surface area contributed by atoms with E-state index >= 15 is 0 Å². The largest absolute Gasteiger partial charge is 0.359 e. The molecule has 0 unspecified atom stereocenters. The summed E-state index contributed by atoms with van der Waals surface area (Å²) in [4.78, 5) is 13.5. The Labute approximate surface area is 117 Å². The fraction of sp³-hybridized carbons (Fsp3) is 0.333. The summed E-state index contributed by atoms with van der Waals surface area (Å²) in [7, 11) is 0. The van der Waals surface area contributed by atoms with Crippen molar-refractivity contribution >= 4 is 11.6 Å². The first-order valence-electron chi connectivity index (χ1n) is 6.76. The van der Waals surface area contributed by atoms with E-state index in [1.807, 2.05) is 23.1 Å². The van der Waals surface area contributed by atoms with Crippen molar-refractivity contribution in [3.05, 3.63) is 35.6 Å². The first kappa shape index (κ1) is 12.9. The van der Waals surface area contributed by atoms with Crippen LogP contribution in [0, 0.1) is 0 Å². The number of carbonyl (C=O) groups excluding carboxylic acids is 1. The number of hydrogen-bond acceptors (Lipinski definition) is 4. The molecule has 5 heteroatoms. The Kier molecular flexibility index (Phi) is 3.28. The molecule has 1 aliphatic rings. The number of aryl methyl sites for hydroxylation is 1. The second-order valence-corrected chi connectivity index (χ2v) is 5.00. The van der Waals surface area contributed by atoms with Crippen molar-refractivity contribution in [2.75, 3.05) is 11.4 Å². The van der Waals surface area contributed by atoms with Crippen LogP contribution in [0.15, 0.2) is 28.8 Å². The van der Waals surface area contributed by atoms with Gasteiger partial charge in [0, 0.05) is 30.8 Å². The second kappa shape index (κ2) is 5.09. The average molecular weight is 271 g/mol. The molecule has 20 heavy (non-hydrogen) atoms. The fourth-order valence-corrected chi connectivity index (χ4v) is 2.63. The minimum Gasteiger partial charge on any atom is -0.359 e. The molecule has 0 aliphatic carbocycles. The molecule has 3 rings (SSSR count). The zero-order valence-corrected chi connectivity index (χ0v) is 11.4. The number of fused-ring (bicyclic) bond motifs is 1. The van der Waals surface area contributed by atoms with Gasteiger partial charge in [-0.1, -0.05) is 11.2 Å². The SMILES string of the molecule is CC(=O)N1CCCc2cc(-c3cc(CN)on3)ccc21. The number of hydrogen-bond donors (Lipinski definition) is 1. The third kappa shape index (κ3) is 2.20. The van der Waals surface area contributed by atoms with E-state index in [0.717, 1.165) is 36.3 Å². The Bertz CT molecular complexity index is 648. The van der Waals surface area contributed by atoms with Gasteiger partial charge >= 0.3 is 0 Å². The highest BCUT2D eigenvalue weighted by Gasteiger charge is 2.20. The minimum absolute atomic E-state index is 0.0885. The van der Waals surface area contributed by atoms with E-state index in [-0.39, 0.29) is 5.91 Å².